The van der Waals surface area contributed by atoms with Gasteiger partial charge < -0.3 is 15.0 Å². The second kappa shape index (κ2) is 7.87. The van der Waals surface area contributed by atoms with Gasteiger partial charge in [-0.2, -0.15) is 0 Å². The first-order valence-electron chi connectivity index (χ1n) is 8.08. The molecule has 1 aliphatic rings. The van der Waals surface area contributed by atoms with E-state index in [9.17, 15) is 4.79 Å². The number of nitrogens with zero attached hydrogens (tertiary/aromatic N) is 1. The number of nitrogens with one attached hydrogen (secondary N) is 1. The number of carbonyl (C=O) groups is 1. The quantitative estimate of drug-likeness (QED) is 0.812. The molecule has 4 heteroatoms. The molecule has 20 heavy (non-hydrogen) atoms. The molecule has 1 N–H and O–H groups in total. The van der Waals surface area contributed by atoms with E-state index >= 15 is 0 Å². The first kappa shape index (κ1) is 17.3. The van der Waals surface area contributed by atoms with E-state index in [0.717, 1.165) is 32.5 Å². The molecule has 2 atom stereocenters. The molecule has 4 nitrogen and oxygen atoms in total. The Hall–Kier alpha value is -0.770. The molecule has 0 aromatic rings. The van der Waals surface area contributed by atoms with Crippen LogP contribution in [0.25, 0.3) is 0 Å². The number of likely N-dealkylation sites (tertiary alicyclic amines) is 1. The third kappa shape index (κ3) is 5.70. The van der Waals surface area contributed by atoms with Crippen LogP contribution in [0.2, 0.25) is 0 Å². The molecule has 0 radical (unpaired) electrons. The van der Waals surface area contributed by atoms with Gasteiger partial charge in [-0.1, -0.05) is 20.3 Å². The molecular formula is C16H32N2O2. The smallest absolute Gasteiger partial charge is 0.410 e. The summed E-state index contributed by atoms with van der Waals surface area (Å²) in [6.45, 7) is 12.9. The van der Waals surface area contributed by atoms with Crippen LogP contribution in [0.4, 0.5) is 4.79 Å². The van der Waals surface area contributed by atoms with Crippen LogP contribution in [0.1, 0.15) is 60.3 Å². The van der Waals surface area contributed by atoms with Gasteiger partial charge in [0, 0.05) is 19.1 Å². The maximum absolute atomic E-state index is 12.1. The lowest BCUT2D eigenvalue weighted by molar-refractivity contribution is 0.0285. The van der Waals surface area contributed by atoms with E-state index in [0.29, 0.717) is 12.0 Å². The van der Waals surface area contributed by atoms with Crippen LogP contribution >= 0.6 is 0 Å². The normalized spacial score (nSPS) is 21.1. The highest BCUT2D eigenvalue weighted by molar-refractivity contribution is 5.68. The van der Waals surface area contributed by atoms with E-state index in [1.54, 1.807) is 0 Å². The Balaban J connectivity index is 2.49. The van der Waals surface area contributed by atoms with Crippen molar-refractivity contribution in [3.8, 4) is 0 Å². The van der Waals surface area contributed by atoms with Gasteiger partial charge in [-0.3, -0.25) is 0 Å². The van der Waals surface area contributed by atoms with Gasteiger partial charge in [0.05, 0.1) is 0 Å². The average Bonchev–Trinajstić information content (AvgIpc) is 2.82. The van der Waals surface area contributed by atoms with E-state index in [2.05, 4.69) is 19.2 Å². The molecule has 118 valence electrons. The summed E-state index contributed by atoms with van der Waals surface area (Å²) < 4.78 is 5.46. The Morgan fingerprint density at radius 2 is 2.05 bits per heavy atom. The fourth-order valence-electron chi connectivity index (χ4n) is 2.75. The van der Waals surface area contributed by atoms with Crippen LogP contribution < -0.4 is 5.32 Å². The van der Waals surface area contributed by atoms with E-state index in [1.165, 1.54) is 12.8 Å². The van der Waals surface area contributed by atoms with Gasteiger partial charge in [-0.25, -0.2) is 4.79 Å². The van der Waals surface area contributed by atoms with E-state index in [-0.39, 0.29) is 6.09 Å². The van der Waals surface area contributed by atoms with Crippen molar-refractivity contribution in [2.45, 2.75) is 71.9 Å². The highest BCUT2D eigenvalue weighted by Gasteiger charge is 2.33. The minimum absolute atomic E-state index is 0.161. The van der Waals surface area contributed by atoms with Crippen LogP contribution in [0.15, 0.2) is 0 Å². The van der Waals surface area contributed by atoms with Gasteiger partial charge >= 0.3 is 6.09 Å². The molecular weight excluding hydrogens is 252 g/mol. The number of hydrogen-bond donors (Lipinski definition) is 1. The van der Waals surface area contributed by atoms with Crippen molar-refractivity contribution in [2.75, 3.05) is 19.6 Å². The Bertz CT molecular complexity index is 299. The SMILES string of the molecule is CCCNC(CCC)C1CCN(C(=O)OC(C)(C)C)C1. The minimum atomic E-state index is -0.404. The fourth-order valence-corrected chi connectivity index (χ4v) is 2.75. The molecule has 0 aromatic carbocycles. The third-order valence-electron chi connectivity index (χ3n) is 3.70. The summed E-state index contributed by atoms with van der Waals surface area (Å²) in [5.74, 6) is 0.564. The zero-order valence-electron chi connectivity index (χ0n) is 13.9. The predicted molar refractivity (Wildman–Crippen MR) is 82.9 cm³/mol. The topological polar surface area (TPSA) is 41.6 Å². The summed E-state index contributed by atoms with van der Waals surface area (Å²) in [6.07, 6.45) is 4.45. The lowest BCUT2D eigenvalue weighted by atomic mass is 9.95. The van der Waals surface area contributed by atoms with Gasteiger partial charge in [0.2, 0.25) is 0 Å². The summed E-state index contributed by atoms with van der Waals surface area (Å²) in [4.78, 5) is 14.0. The molecule has 1 aliphatic heterocycles. The highest BCUT2D eigenvalue weighted by Crippen LogP contribution is 2.24. The molecule has 1 rings (SSSR count). The lowest BCUT2D eigenvalue weighted by Crippen LogP contribution is -2.40. The summed E-state index contributed by atoms with van der Waals surface area (Å²) in [5, 5.41) is 3.64. The largest absolute Gasteiger partial charge is 0.444 e. The Morgan fingerprint density at radius 3 is 2.60 bits per heavy atom. The number of amides is 1. The maximum Gasteiger partial charge on any atom is 0.410 e. The Kier molecular flexibility index (Phi) is 6.80. The summed E-state index contributed by atoms with van der Waals surface area (Å²) in [6, 6.07) is 0.535. The van der Waals surface area contributed by atoms with Crippen LogP contribution in [0.3, 0.4) is 0 Å². The lowest BCUT2D eigenvalue weighted by Gasteiger charge is -2.26. The first-order valence-corrected chi connectivity index (χ1v) is 8.08. The zero-order valence-corrected chi connectivity index (χ0v) is 13.9. The predicted octanol–water partition coefficient (Wildman–Crippen LogP) is 3.41. The number of carbonyl (C=O) groups excluding carboxylic acids is 1. The highest BCUT2D eigenvalue weighted by atomic mass is 16.6. The van der Waals surface area contributed by atoms with Crippen molar-refractivity contribution in [2.24, 2.45) is 5.92 Å². The van der Waals surface area contributed by atoms with Gasteiger partial charge in [0.25, 0.3) is 0 Å². The van der Waals surface area contributed by atoms with Crippen molar-refractivity contribution in [1.29, 1.82) is 0 Å². The second-order valence-electron chi connectivity index (χ2n) is 6.82. The van der Waals surface area contributed by atoms with Crippen LogP contribution in [0, 0.1) is 5.92 Å². The van der Waals surface area contributed by atoms with E-state index in [1.807, 2.05) is 25.7 Å². The number of hydrogen-bond acceptors (Lipinski definition) is 3. The van der Waals surface area contributed by atoms with Crippen molar-refractivity contribution in [1.82, 2.24) is 10.2 Å². The molecule has 1 amide bonds. The number of ether oxygens (including phenoxy) is 1. The van der Waals surface area contributed by atoms with Gasteiger partial charge in [-0.15, -0.1) is 0 Å². The molecule has 0 saturated carbocycles. The van der Waals surface area contributed by atoms with Crippen molar-refractivity contribution in [3.63, 3.8) is 0 Å². The summed E-state index contributed by atoms with van der Waals surface area (Å²) >= 11 is 0. The molecule has 0 spiro atoms. The van der Waals surface area contributed by atoms with Crippen molar-refractivity contribution < 1.29 is 9.53 Å². The molecule has 0 aliphatic carbocycles. The van der Waals surface area contributed by atoms with E-state index in [4.69, 9.17) is 4.74 Å². The molecule has 0 bridgehead atoms. The van der Waals surface area contributed by atoms with Gasteiger partial charge in [0.1, 0.15) is 5.60 Å². The number of rotatable bonds is 6. The minimum Gasteiger partial charge on any atom is -0.444 e. The second-order valence-corrected chi connectivity index (χ2v) is 6.82. The molecule has 1 fully saturated rings. The maximum atomic E-state index is 12.1. The Morgan fingerprint density at radius 1 is 1.35 bits per heavy atom. The van der Waals surface area contributed by atoms with Crippen LogP contribution in [-0.4, -0.2) is 42.3 Å². The molecule has 1 saturated heterocycles. The Labute approximate surface area is 124 Å². The van der Waals surface area contributed by atoms with Gasteiger partial charge in [0.15, 0.2) is 0 Å². The van der Waals surface area contributed by atoms with E-state index < -0.39 is 5.60 Å². The molecule has 2 unspecified atom stereocenters. The molecule has 1 heterocycles. The van der Waals surface area contributed by atoms with Crippen molar-refractivity contribution in [3.05, 3.63) is 0 Å². The molecule has 0 aromatic heterocycles. The fraction of sp³-hybridized carbons (Fsp3) is 0.938. The monoisotopic (exact) mass is 284 g/mol. The zero-order chi connectivity index (χ0) is 15.2. The van der Waals surface area contributed by atoms with Crippen LogP contribution in [0.5, 0.6) is 0 Å². The van der Waals surface area contributed by atoms with Crippen LogP contribution in [-0.2, 0) is 4.74 Å². The van der Waals surface area contributed by atoms with Gasteiger partial charge in [-0.05, 0) is 52.5 Å². The first-order chi connectivity index (χ1) is 9.37. The average molecular weight is 284 g/mol. The third-order valence-corrected chi connectivity index (χ3v) is 3.70. The summed E-state index contributed by atoms with van der Waals surface area (Å²) in [5.41, 5.74) is -0.404. The van der Waals surface area contributed by atoms with Crippen molar-refractivity contribution >= 4 is 6.09 Å². The summed E-state index contributed by atoms with van der Waals surface area (Å²) in [7, 11) is 0. The standard InChI is InChI=1S/C16H32N2O2/c1-6-8-14(17-10-7-2)13-9-11-18(12-13)15(19)20-16(3,4)5/h13-14,17H,6-12H2,1-5H3.